The summed E-state index contributed by atoms with van der Waals surface area (Å²) in [6.07, 6.45) is 3.98. The second-order valence-corrected chi connectivity index (χ2v) is 8.22. The van der Waals surface area contributed by atoms with Crippen molar-refractivity contribution >= 4 is 5.91 Å². The Morgan fingerprint density at radius 3 is 2.09 bits per heavy atom. The molecule has 5 heteroatoms. The molecule has 0 aromatic heterocycles. The van der Waals surface area contributed by atoms with Gasteiger partial charge in [0, 0.05) is 58.8 Å². The second-order valence-electron chi connectivity index (χ2n) is 8.22. The van der Waals surface area contributed by atoms with Gasteiger partial charge in [0.05, 0.1) is 6.10 Å². The van der Waals surface area contributed by atoms with E-state index in [1.165, 1.54) is 19.3 Å². The zero-order valence-corrected chi connectivity index (χ0v) is 15.3. The van der Waals surface area contributed by atoms with Crippen LogP contribution < -0.4 is 0 Å². The molecule has 1 amide bonds. The van der Waals surface area contributed by atoms with E-state index in [0.717, 1.165) is 52.4 Å². The fourth-order valence-corrected chi connectivity index (χ4v) is 3.27. The molecule has 0 radical (unpaired) electrons. The molecule has 2 aliphatic rings. The van der Waals surface area contributed by atoms with E-state index in [1.807, 2.05) is 4.90 Å². The number of aliphatic hydroxyl groups is 1. The highest BCUT2D eigenvalue weighted by atomic mass is 16.3. The topological polar surface area (TPSA) is 47.0 Å². The summed E-state index contributed by atoms with van der Waals surface area (Å²) in [6, 6.07) is 0. The first-order chi connectivity index (χ1) is 10.9. The molecule has 5 nitrogen and oxygen atoms in total. The van der Waals surface area contributed by atoms with Crippen molar-refractivity contribution in [3.63, 3.8) is 0 Å². The fourth-order valence-electron chi connectivity index (χ4n) is 3.27. The van der Waals surface area contributed by atoms with Gasteiger partial charge in [0.15, 0.2) is 0 Å². The van der Waals surface area contributed by atoms with Crippen LogP contribution in [-0.4, -0.2) is 84.2 Å². The molecule has 0 aromatic rings. The Morgan fingerprint density at radius 1 is 0.957 bits per heavy atom. The molecular formula is C18H35N3O2. The van der Waals surface area contributed by atoms with Crippen molar-refractivity contribution in [1.29, 1.82) is 0 Å². The lowest BCUT2D eigenvalue weighted by Crippen LogP contribution is -2.50. The Hall–Kier alpha value is -0.650. The number of amides is 1. The number of hydrogen-bond acceptors (Lipinski definition) is 4. The minimum Gasteiger partial charge on any atom is -0.391 e. The molecule has 2 rings (SSSR count). The van der Waals surface area contributed by atoms with E-state index in [-0.39, 0.29) is 11.5 Å². The van der Waals surface area contributed by atoms with Crippen LogP contribution in [0.25, 0.3) is 0 Å². The van der Waals surface area contributed by atoms with Gasteiger partial charge in [-0.1, -0.05) is 20.8 Å². The third-order valence-corrected chi connectivity index (χ3v) is 5.25. The number of piperazine rings is 1. The van der Waals surface area contributed by atoms with Gasteiger partial charge in [0.1, 0.15) is 0 Å². The maximum Gasteiger partial charge on any atom is 0.223 e. The van der Waals surface area contributed by atoms with Crippen molar-refractivity contribution < 1.29 is 9.90 Å². The van der Waals surface area contributed by atoms with E-state index in [0.29, 0.717) is 12.3 Å². The molecule has 134 valence electrons. The summed E-state index contributed by atoms with van der Waals surface area (Å²) in [4.78, 5) is 19.0. The highest BCUT2D eigenvalue weighted by Crippen LogP contribution is 2.20. The number of likely N-dealkylation sites (tertiary alicyclic amines) is 1. The van der Waals surface area contributed by atoms with Gasteiger partial charge in [-0.2, -0.15) is 0 Å². The van der Waals surface area contributed by atoms with Crippen molar-refractivity contribution in [3.8, 4) is 0 Å². The lowest BCUT2D eigenvalue weighted by Gasteiger charge is -2.38. The predicted molar refractivity (Wildman–Crippen MR) is 93.4 cm³/mol. The molecule has 0 spiro atoms. The number of aliphatic hydroxyl groups excluding tert-OH is 1. The Bertz CT molecular complexity index is 367. The normalized spacial score (nSPS) is 23.0. The van der Waals surface area contributed by atoms with Gasteiger partial charge in [-0.05, 0) is 24.7 Å². The first-order valence-electron chi connectivity index (χ1n) is 9.27. The van der Waals surface area contributed by atoms with Crippen molar-refractivity contribution in [3.05, 3.63) is 0 Å². The number of piperidine rings is 1. The van der Waals surface area contributed by atoms with Crippen LogP contribution >= 0.6 is 0 Å². The van der Waals surface area contributed by atoms with Crippen LogP contribution in [0.5, 0.6) is 0 Å². The van der Waals surface area contributed by atoms with Gasteiger partial charge in [-0.3, -0.25) is 9.69 Å². The van der Waals surface area contributed by atoms with Crippen LogP contribution in [0.3, 0.4) is 0 Å². The Balaban J connectivity index is 1.63. The quantitative estimate of drug-likeness (QED) is 0.830. The number of carbonyl (C=O) groups is 1. The van der Waals surface area contributed by atoms with Crippen molar-refractivity contribution in [2.24, 2.45) is 5.41 Å². The molecule has 1 atom stereocenters. The van der Waals surface area contributed by atoms with Gasteiger partial charge < -0.3 is 14.9 Å². The first kappa shape index (κ1) is 18.7. The molecule has 23 heavy (non-hydrogen) atoms. The number of rotatable bonds is 5. The van der Waals surface area contributed by atoms with Crippen molar-refractivity contribution in [2.75, 3.05) is 52.4 Å². The van der Waals surface area contributed by atoms with Crippen LogP contribution in [0.1, 0.15) is 46.5 Å². The Kier molecular flexibility index (Phi) is 6.86. The molecule has 0 aromatic carbocycles. The van der Waals surface area contributed by atoms with Gasteiger partial charge in [-0.15, -0.1) is 0 Å². The maximum absolute atomic E-state index is 12.2. The summed E-state index contributed by atoms with van der Waals surface area (Å²) in [5.41, 5.74) is -0.0575. The van der Waals surface area contributed by atoms with Gasteiger partial charge >= 0.3 is 0 Å². The molecule has 1 N–H and O–H groups in total. The van der Waals surface area contributed by atoms with E-state index in [9.17, 15) is 9.90 Å². The molecule has 0 bridgehead atoms. The van der Waals surface area contributed by atoms with Crippen LogP contribution in [0, 0.1) is 5.41 Å². The summed E-state index contributed by atoms with van der Waals surface area (Å²) in [6.45, 7) is 13.8. The van der Waals surface area contributed by atoms with E-state index in [4.69, 9.17) is 0 Å². The van der Waals surface area contributed by atoms with Crippen molar-refractivity contribution in [2.45, 2.75) is 52.6 Å². The van der Waals surface area contributed by atoms with Crippen LogP contribution in [-0.2, 0) is 4.79 Å². The first-order valence-corrected chi connectivity index (χ1v) is 9.27. The summed E-state index contributed by atoms with van der Waals surface area (Å²) in [5, 5.41) is 10.2. The zero-order valence-electron chi connectivity index (χ0n) is 15.3. The SMILES string of the molecule is CC(C)(C)[C@@H](O)CN1CCN(CCC(=O)N2CCCCC2)CC1. The van der Waals surface area contributed by atoms with Gasteiger partial charge in [-0.25, -0.2) is 0 Å². The van der Waals surface area contributed by atoms with Crippen LogP contribution in [0.2, 0.25) is 0 Å². The second kappa shape index (κ2) is 8.45. The molecule has 2 aliphatic heterocycles. The number of nitrogens with zero attached hydrogens (tertiary/aromatic N) is 3. The summed E-state index contributed by atoms with van der Waals surface area (Å²) < 4.78 is 0. The van der Waals surface area contributed by atoms with E-state index in [1.54, 1.807) is 0 Å². The molecule has 2 heterocycles. The molecule has 0 unspecified atom stereocenters. The van der Waals surface area contributed by atoms with E-state index >= 15 is 0 Å². The number of β-amino-alcohol motifs (C(OH)–C–C–N with tert-alkyl or cyclic N) is 1. The summed E-state index contributed by atoms with van der Waals surface area (Å²) >= 11 is 0. The lowest BCUT2D eigenvalue weighted by atomic mass is 9.89. The monoisotopic (exact) mass is 325 g/mol. The Morgan fingerprint density at radius 2 is 1.52 bits per heavy atom. The van der Waals surface area contributed by atoms with Crippen LogP contribution in [0.4, 0.5) is 0 Å². The molecular weight excluding hydrogens is 290 g/mol. The molecule has 0 aliphatic carbocycles. The van der Waals surface area contributed by atoms with Crippen molar-refractivity contribution in [1.82, 2.24) is 14.7 Å². The third kappa shape index (κ3) is 6.05. The predicted octanol–water partition coefficient (Wildman–Crippen LogP) is 1.41. The minimum atomic E-state index is -0.283. The molecule has 2 saturated heterocycles. The highest BCUT2D eigenvalue weighted by molar-refractivity contribution is 5.76. The molecule has 2 fully saturated rings. The van der Waals surface area contributed by atoms with E-state index in [2.05, 4.69) is 30.6 Å². The number of carbonyl (C=O) groups excluding carboxylic acids is 1. The average molecular weight is 325 g/mol. The number of hydrogen-bond donors (Lipinski definition) is 1. The lowest BCUT2D eigenvalue weighted by molar-refractivity contribution is -0.132. The molecule has 0 saturated carbocycles. The Labute approximate surface area is 141 Å². The smallest absolute Gasteiger partial charge is 0.223 e. The third-order valence-electron chi connectivity index (χ3n) is 5.25. The average Bonchev–Trinajstić information content (AvgIpc) is 2.54. The fraction of sp³-hybridized carbons (Fsp3) is 0.944. The maximum atomic E-state index is 12.2. The van der Waals surface area contributed by atoms with Gasteiger partial charge in [0.25, 0.3) is 0 Å². The summed E-state index contributed by atoms with van der Waals surface area (Å²) in [7, 11) is 0. The highest BCUT2D eigenvalue weighted by Gasteiger charge is 2.26. The largest absolute Gasteiger partial charge is 0.391 e. The minimum absolute atomic E-state index is 0.0575. The van der Waals surface area contributed by atoms with E-state index < -0.39 is 0 Å². The van der Waals surface area contributed by atoms with Gasteiger partial charge in [0.2, 0.25) is 5.91 Å². The summed E-state index contributed by atoms with van der Waals surface area (Å²) in [5.74, 6) is 0.329. The zero-order chi connectivity index (χ0) is 16.9. The standard InChI is InChI=1S/C18H35N3O2/c1-18(2,3)16(22)15-20-13-11-19(12-14-20)10-7-17(23)21-8-5-4-6-9-21/h16,22H,4-15H2,1-3H3/t16-/m0/s1. The van der Waals surface area contributed by atoms with Crippen LogP contribution in [0.15, 0.2) is 0 Å².